The number of fused-ring (bicyclic) bond motifs is 1. The van der Waals surface area contributed by atoms with E-state index >= 15 is 0 Å². The van der Waals surface area contributed by atoms with Crippen LogP contribution in [0.15, 0.2) is 30.5 Å². The fourth-order valence-electron chi connectivity index (χ4n) is 2.69. The van der Waals surface area contributed by atoms with Gasteiger partial charge in [0.1, 0.15) is 6.04 Å². The molecule has 1 unspecified atom stereocenters. The number of para-hydroxylation sites is 1. The molecule has 6 nitrogen and oxygen atoms in total. The molecule has 2 amide bonds. The minimum Gasteiger partial charge on any atom is -0.464 e. The Bertz CT molecular complexity index is 721. The van der Waals surface area contributed by atoms with Crippen LogP contribution in [0.1, 0.15) is 26.3 Å². The SMILES string of the molecule is CCOC(=O)C(Cc1c[nH]c2ccccc12)N(C(C)=O)C(C)=O. The number of nitrogens with zero attached hydrogens (tertiary/aromatic N) is 1. The van der Waals surface area contributed by atoms with E-state index in [1.165, 1.54) is 13.8 Å². The van der Waals surface area contributed by atoms with Crippen molar-refractivity contribution in [3.8, 4) is 0 Å². The van der Waals surface area contributed by atoms with E-state index < -0.39 is 23.8 Å². The molecule has 0 radical (unpaired) electrons. The smallest absolute Gasteiger partial charge is 0.329 e. The van der Waals surface area contributed by atoms with Gasteiger partial charge in [0, 0.05) is 37.4 Å². The Hall–Kier alpha value is -2.63. The summed E-state index contributed by atoms with van der Waals surface area (Å²) in [5.74, 6) is -1.53. The molecule has 0 aliphatic rings. The largest absolute Gasteiger partial charge is 0.464 e. The molecular weight excluding hydrogens is 296 g/mol. The lowest BCUT2D eigenvalue weighted by molar-refractivity contribution is -0.159. The number of aromatic nitrogens is 1. The molecule has 1 aromatic heterocycles. The van der Waals surface area contributed by atoms with Gasteiger partial charge in [-0.2, -0.15) is 0 Å². The first kappa shape index (κ1) is 16.7. The van der Waals surface area contributed by atoms with Gasteiger partial charge in [0.15, 0.2) is 0 Å². The summed E-state index contributed by atoms with van der Waals surface area (Å²) in [6, 6.07) is 6.68. The number of nitrogens with one attached hydrogen (secondary N) is 1. The molecule has 6 heteroatoms. The monoisotopic (exact) mass is 316 g/mol. The Kier molecular flexibility index (Phi) is 5.16. The van der Waals surface area contributed by atoms with Gasteiger partial charge in [0.2, 0.25) is 11.8 Å². The van der Waals surface area contributed by atoms with Gasteiger partial charge in [-0.1, -0.05) is 18.2 Å². The third-order valence-electron chi connectivity index (χ3n) is 3.64. The van der Waals surface area contributed by atoms with Gasteiger partial charge in [-0.3, -0.25) is 14.5 Å². The lowest BCUT2D eigenvalue weighted by Gasteiger charge is -2.26. The molecular formula is C17H20N2O4. The minimum absolute atomic E-state index is 0.187. The predicted molar refractivity (Wildman–Crippen MR) is 85.6 cm³/mol. The van der Waals surface area contributed by atoms with E-state index in [2.05, 4.69) is 4.98 Å². The van der Waals surface area contributed by atoms with Crippen molar-refractivity contribution in [3.05, 3.63) is 36.0 Å². The Morgan fingerprint density at radius 1 is 1.17 bits per heavy atom. The number of ether oxygens (including phenoxy) is 1. The fourth-order valence-corrected chi connectivity index (χ4v) is 2.69. The van der Waals surface area contributed by atoms with Crippen molar-refractivity contribution >= 4 is 28.7 Å². The number of carbonyl (C=O) groups is 3. The fraction of sp³-hybridized carbons (Fsp3) is 0.353. The van der Waals surface area contributed by atoms with Crippen LogP contribution in [0.2, 0.25) is 0 Å². The molecule has 0 spiro atoms. The highest BCUT2D eigenvalue weighted by atomic mass is 16.5. The van der Waals surface area contributed by atoms with Crippen LogP contribution < -0.4 is 0 Å². The second kappa shape index (κ2) is 7.09. The zero-order valence-corrected chi connectivity index (χ0v) is 13.5. The maximum Gasteiger partial charge on any atom is 0.329 e. The van der Waals surface area contributed by atoms with Crippen molar-refractivity contribution in [2.24, 2.45) is 0 Å². The van der Waals surface area contributed by atoms with E-state index in [4.69, 9.17) is 4.74 Å². The van der Waals surface area contributed by atoms with Gasteiger partial charge in [-0.05, 0) is 18.6 Å². The standard InChI is InChI=1S/C17H20N2O4/c1-4-23-17(22)16(19(11(2)20)12(3)21)9-13-10-18-15-8-6-5-7-14(13)15/h5-8,10,16,18H,4,9H2,1-3H3. The van der Waals surface area contributed by atoms with E-state index in [0.717, 1.165) is 21.4 Å². The van der Waals surface area contributed by atoms with Crippen molar-refractivity contribution < 1.29 is 19.1 Å². The topological polar surface area (TPSA) is 79.5 Å². The Labute approximate surface area is 134 Å². The maximum absolute atomic E-state index is 12.3. The molecule has 0 saturated heterocycles. The molecule has 23 heavy (non-hydrogen) atoms. The van der Waals surface area contributed by atoms with Gasteiger partial charge < -0.3 is 9.72 Å². The first-order valence-corrected chi connectivity index (χ1v) is 7.47. The van der Waals surface area contributed by atoms with E-state index in [9.17, 15) is 14.4 Å². The summed E-state index contributed by atoms with van der Waals surface area (Å²) in [5.41, 5.74) is 1.79. The van der Waals surface area contributed by atoms with Crippen LogP contribution in [0.3, 0.4) is 0 Å². The molecule has 0 fully saturated rings. The lowest BCUT2D eigenvalue weighted by atomic mass is 10.0. The zero-order chi connectivity index (χ0) is 17.0. The van der Waals surface area contributed by atoms with E-state index in [1.807, 2.05) is 24.3 Å². The van der Waals surface area contributed by atoms with Gasteiger partial charge >= 0.3 is 5.97 Å². The van der Waals surface area contributed by atoms with Crippen LogP contribution in [0.4, 0.5) is 0 Å². The van der Waals surface area contributed by atoms with Crippen molar-refractivity contribution in [3.63, 3.8) is 0 Å². The summed E-state index contributed by atoms with van der Waals surface area (Å²) in [4.78, 5) is 40.0. The van der Waals surface area contributed by atoms with Gasteiger partial charge in [0.05, 0.1) is 6.61 Å². The zero-order valence-electron chi connectivity index (χ0n) is 13.5. The van der Waals surface area contributed by atoms with Crippen LogP contribution in [-0.2, 0) is 25.5 Å². The molecule has 2 aromatic rings. The van der Waals surface area contributed by atoms with Crippen LogP contribution in [-0.4, -0.2) is 40.3 Å². The molecule has 122 valence electrons. The van der Waals surface area contributed by atoms with Crippen LogP contribution in [0.5, 0.6) is 0 Å². The first-order valence-electron chi connectivity index (χ1n) is 7.47. The number of benzene rings is 1. The third-order valence-corrected chi connectivity index (χ3v) is 3.64. The summed E-state index contributed by atoms with van der Waals surface area (Å²) in [6.07, 6.45) is 2.00. The molecule has 2 rings (SSSR count). The van der Waals surface area contributed by atoms with Crippen molar-refractivity contribution in [2.75, 3.05) is 6.61 Å². The number of hydrogen-bond donors (Lipinski definition) is 1. The number of aromatic amines is 1. The third kappa shape index (κ3) is 3.59. The Balaban J connectivity index is 2.39. The number of hydrogen-bond acceptors (Lipinski definition) is 4. The minimum atomic E-state index is -0.968. The molecule has 0 aliphatic heterocycles. The highest BCUT2D eigenvalue weighted by Gasteiger charge is 2.32. The number of H-pyrrole nitrogens is 1. The number of amides is 2. The molecule has 1 N–H and O–H groups in total. The molecule has 1 heterocycles. The summed E-state index contributed by atoms with van der Waals surface area (Å²) in [6.45, 7) is 4.41. The average molecular weight is 316 g/mol. The lowest BCUT2D eigenvalue weighted by Crippen LogP contribution is -2.48. The summed E-state index contributed by atoms with van der Waals surface area (Å²) in [5, 5.41) is 0.953. The molecule has 0 aliphatic carbocycles. The van der Waals surface area contributed by atoms with Crippen molar-refractivity contribution in [2.45, 2.75) is 33.2 Å². The summed E-state index contributed by atoms with van der Waals surface area (Å²) < 4.78 is 5.05. The van der Waals surface area contributed by atoms with Crippen LogP contribution >= 0.6 is 0 Å². The second-order valence-electron chi connectivity index (χ2n) is 5.24. The van der Waals surface area contributed by atoms with Crippen LogP contribution in [0, 0.1) is 0 Å². The predicted octanol–water partition coefficient (Wildman–Crippen LogP) is 2.04. The average Bonchev–Trinajstić information content (AvgIpc) is 2.89. The first-order chi connectivity index (χ1) is 11.0. The van der Waals surface area contributed by atoms with Gasteiger partial charge in [-0.25, -0.2) is 4.79 Å². The van der Waals surface area contributed by atoms with E-state index in [-0.39, 0.29) is 13.0 Å². The summed E-state index contributed by atoms with van der Waals surface area (Å²) in [7, 11) is 0. The molecule has 1 atom stereocenters. The number of imide groups is 1. The Morgan fingerprint density at radius 2 is 1.83 bits per heavy atom. The number of esters is 1. The molecule has 0 bridgehead atoms. The van der Waals surface area contributed by atoms with Crippen molar-refractivity contribution in [1.29, 1.82) is 0 Å². The summed E-state index contributed by atoms with van der Waals surface area (Å²) >= 11 is 0. The van der Waals surface area contributed by atoms with Gasteiger partial charge in [0.25, 0.3) is 0 Å². The number of carbonyl (C=O) groups excluding carboxylic acids is 3. The normalized spacial score (nSPS) is 12.0. The molecule has 1 aromatic carbocycles. The second-order valence-corrected chi connectivity index (χ2v) is 5.24. The quantitative estimate of drug-likeness (QED) is 0.856. The number of rotatable bonds is 5. The highest BCUT2D eigenvalue weighted by molar-refractivity contribution is 5.98. The van der Waals surface area contributed by atoms with Crippen molar-refractivity contribution in [1.82, 2.24) is 9.88 Å². The van der Waals surface area contributed by atoms with Crippen LogP contribution in [0.25, 0.3) is 10.9 Å². The molecule has 0 saturated carbocycles. The van der Waals surface area contributed by atoms with Gasteiger partial charge in [-0.15, -0.1) is 0 Å². The van der Waals surface area contributed by atoms with E-state index in [0.29, 0.717) is 0 Å². The maximum atomic E-state index is 12.3. The van der Waals surface area contributed by atoms with E-state index in [1.54, 1.807) is 13.1 Å². The highest BCUT2D eigenvalue weighted by Crippen LogP contribution is 2.21. The Morgan fingerprint density at radius 3 is 2.43 bits per heavy atom.